The van der Waals surface area contributed by atoms with E-state index in [4.69, 9.17) is 0 Å². The number of aryl methyl sites for hydroxylation is 1. The lowest BCUT2D eigenvalue weighted by Crippen LogP contribution is -2.57. The fourth-order valence-corrected chi connectivity index (χ4v) is 7.39. The Hall–Kier alpha value is -2.37. The van der Waals surface area contributed by atoms with Crippen LogP contribution in [0.5, 0.6) is 0 Å². The van der Waals surface area contributed by atoms with Crippen molar-refractivity contribution in [3.05, 3.63) is 29.8 Å². The molecule has 6 rings (SSSR count). The van der Waals surface area contributed by atoms with Gasteiger partial charge < -0.3 is 15.5 Å². The van der Waals surface area contributed by atoms with E-state index >= 15 is 0 Å². The van der Waals surface area contributed by atoms with Gasteiger partial charge >= 0.3 is 0 Å². The van der Waals surface area contributed by atoms with Gasteiger partial charge in [-0.05, 0) is 87.2 Å². The van der Waals surface area contributed by atoms with E-state index in [0.29, 0.717) is 30.7 Å². The SMILES string of the molecule is CCc1ccccc1NC(=O)CNC(=O)C1CCCN1C(=O)C12CC3CC(CC(C3)C1)C2. The van der Waals surface area contributed by atoms with Gasteiger partial charge in [0.15, 0.2) is 0 Å². The van der Waals surface area contributed by atoms with Crippen LogP contribution in [-0.4, -0.2) is 41.8 Å². The maximum atomic E-state index is 13.7. The van der Waals surface area contributed by atoms with E-state index in [1.165, 1.54) is 19.3 Å². The van der Waals surface area contributed by atoms with Gasteiger partial charge in [-0.1, -0.05) is 25.1 Å². The summed E-state index contributed by atoms with van der Waals surface area (Å²) >= 11 is 0. The van der Waals surface area contributed by atoms with Crippen molar-refractivity contribution in [1.82, 2.24) is 10.2 Å². The number of hydrogen-bond donors (Lipinski definition) is 2. The maximum absolute atomic E-state index is 13.7. The first-order valence-electron chi connectivity index (χ1n) is 12.4. The van der Waals surface area contributed by atoms with Crippen molar-refractivity contribution in [2.45, 2.75) is 70.8 Å². The molecule has 32 heavy (non-hydrogen) atoms. The molecular weight excluding hydrogens is 402 g/mol. The molecule has 1 atom stereocenters. The molecular formula is C26H35N3O3. The molecule has 1 aromatic carbocycles. The van der Waals surface area contributed by atoms with Crippen LogP contribution in [0.1, 0.15) is 63.9 Å². The minimum atomic E-state index is -0.439. The summed E-state index contributed by atoms with van der Waals surface area (Å²) in [5.41, 5.74) is 1.63. The second kappa shape index (κ2) is 8.53. The summed E-state index contributed by atoms with van der Waals surface area (Å²) in [7, 11) is 0. The van der Waals surface area contributed by atoms with E-state index in [0.717, 1.165) is 43.4 Å². The van der Waals surface area contributed by atoms with Crippen molar-refractivity contribution in [3.8, 4) is 0 Å². The molecule has 4 aliphatic carbocycles. The molecule has 1 unspecified atom stereocenters. The topological polar surface area (TPSA) is 78.5 Å². The highest BCUT2D eigenvalue weighted by atomic mass is 16.2. The average molecular weight is 438 g/mol. The third-order valence-corrected chi connectivity index (χ3v) is 8.40. The minimum Gasteiger partial charge on any atom is -0.345 e. The van der Waals surface area contributed by atoms with E-state index in [-0.39, 0.29) is 29.7 Å². The number of benzene rings is 1. The van der Waals surface area contributed by atoms with Crippen LogP contribution in [0.25, 0.3) is 0 Å². The quantitative estimate of drug-likeness (QED) is 0.715. The van der Waals surface area contributed by atoms with Gasteiger partial charge in [0.2, 0.25) is 17.7 Å². The Morgan fingerprint density at radius 1 is 1.03 bits per heavy atom. The van der Waals surface area contributed by atoms with Gasteiger partial charge in [-0.2, -0.15) is 0 Å². The summed E-state index contributed by atoms with van der Waals surface area (Å²) in [5.74, 6) is 1.89. The number of amides is 3. The molecule has 5 fully saturated rings. The number of likely N-dealkylation sites (tertiary alicyclic amines) is 1. The Balaban J connectivity index is 1.20. The molecule has 1 aromatic rings. The summed E-state index contributed by atoms with van der Waals surface area (Å²) in [4.78, 5) is 41.0. The number of hydrogen-bond acceptors (Lipinski definition) is 3. The highest BCUT2D eigenvalue weighted by Gasteiger charge is 2.56. The number of rotatable bonds is 6. The Bertz CT molecular complexity index is 876. The fraction of sp³-hybridized carbons (Fsp3) is 0.654. The molecule has 0 radical (unpaired) electrons. The molecule has 6 heteroatoms. The third kappa shape index (κ3) is 3.93. The van der Waals surface area contributed by atoms with Crippen molar-refractivity contribution >= 4 is 23.4 Å². The highest BCUT2D eigenvalue weighted by molar-refractivity contribution is 5.97. The first-order chi connectivity index (χ1) is 15.5. The first kappa shape index (κ1) is 21.5. The molecule has 4 bridgehead atoms. The van der Waals surface area contributed by atoms with Crippen LogP contribution in [0, 0.1) is 23.2 Å². The Morgan fingerprint density at radius 2 is 1.69 bits per heavy atom. The van der Waals surface area contributed by atoms with Crippen LogP contribution in [0.2, 0.25) is 0 Å². The van der Waals surface area contributed by atoms with Gasteiger partial charge in [0.25, 0.3) is 0 Å². The first-order valence-corrected chi connectivity index (χ1v) is 12.4. The van der Waals surface area contributed by atoms with Crippen molar-refractivity contribution in [2.24, 2.45) is 23.2 Å². The Kier molecular flexibility index (Phi) is 5.72. The fourth-order valence-electron chi connectivity index (χ4n) is 7.39. The standard InChI is InChI=1S/C26H35N3O3/c1-2-20-6-3-4-7-21(20)28-23(30)16-27-24(31)22-8-5-9-29(22)25(32)26-13-17-10-18(14-26)12-19(11-17)15-26/h3-4,6-7,17-19,22H,2,5,8-16H2,1H3,(H,27,31)(H,28,30). The lowest BCUT2D eigenvalue weighted by Gasteiger charge is -2.56. The van der Waals surface area contributed by atoms with Crippen molar-refractivity contribution < 1.29 is 14.4 Å². The number of para-hydroxylation sites is 1. The summed E-state index contributed by atoms with van der Waals surface area (Å²) in [6.45, 7) is 2.63. The molecule has 6 nitrogen and oxygen atoms in total. The van der Waals surface area contributed by atoms with Crippen molar-refractivity contribution in [2.75, 3.05) is 18.4 Å². The predicted molar refractivity (Wildman–Crippen MR) is 123 cm³/mol. The van der Waals surface area contributed by atoms with Gasteiger partial charge in [-0.25, -0.2) is 0 Å². The Morgan fingerprint density at radius 3 is 2.34 bits per heavy atom. The molecule has 1 heterocycles. The molecule has 4 saturated carbocycles. The van der Waals surface area contributed by atoms with Gasteiger partial charge in [0.05, 0.1) is 12.0 Å². The molecule has 3 amide bonds. The van der Waals surface area contributed by atoms with Crippen LogP contribution in [0.3, 0.4) is 0 Å². The number of nitrogens with one attached hydrogen (secondary N) is 2. The summed E-state index contributed by atoms with van der Waals surface area (Å²) in [5, 5.41) is 5.69. The number of anilines is 1. The van der Waals surface area contributed by atoms with Crippen LogP contribution in [0.15, 0.2) is 24.3 Å². The summed E-state index contributed by atoms with van der Waals surface area (Å²) in [6, 6.07) is 7.26. The molecule has 0 aromatic heterocycles. The van der Waals surface area contributed by atoms with Crippen LogP contribution >= 0.6 is 0 Å². The number of carbonyl (C=O) groups excluding carboxylic acids is 3. The van der Waals surface area contributed by atoms with Crippen LogP contribution < -0.4 is 10.6 Å². The second-order valence-corrected chi connectivity index (χ2v) is 10.6. The third-order valence-electron chi connectivity index (χ3n) is 8.40. The minimum absolute atomic E-state index is 0.0766. The van der Waals surface area contributed by atoms with Crippen LogP contribution in [0.4, 0.5) is 5.69 Å². The summed E-state index contributed by atoms with van der Waals surface area (Å²) in [6.07, 6.45) is 9.31. The van der Waals surface area contributed by atoms with Gasteiger partial charge in [0, 0.05) is 12.2 Å². The van der Waals surface area contributed by atoms with Crippen molar-refractivity contribution in [3.63, 3.8) is 0 Å². The second-order valence-electron chi connectivity index (χ2n) is 10.6. The largest absolute Gasteiger partial charge is 0.345 e. The van der Waals surface area contributed by atoms with E-state index in [1.54, 1.807) is 0 Å². The van der Waals surface area contributed by atoms with E-state index in [9.17, 15) is 14.4 Å². The molecule has 172 valence electrons. The highest BCUT2D eigenvalue weighted by Crippen LogP contribution is 2.60. The molecule has 1 saturated heterocycles. The zero-order valence-electron chi connectivity index (χ0n) is 19.1. The average Bonchev–Trinajstić information content (AvgIpc) is 3.26. The molecule has 2 N–H and O–H groups in total. The van der Waals surface area contributed by atoms with Gasteiger partial charge in [-0.3, -0.25) is 14.4 Å². The van der Waals surface area contributed by atoms with Gasteiger partial charge in [0.1, 0.15) is 6.04 Å². The van der Waals surface area contributed by atoms with Crippen molar-refractivity contribution in [1.29, 1.82) is 0 Å². The summed E-state index contributed by atoms with van der Waals surface area (Å²) < 4.78 is 0. The van der Waals surface area contributed by atoms with E-state index < -0.39 is 6.04 Å². The van der Waals surface area contributed by atoms with E-state index in [1.807, 2.05) is 36.1 Å². The molecule has 5 aliphatic rings. The Labute approximate surface area is 190 Å². The lowest BCUT2D eigenvalue weighted by molar-refractivity contribution is -0.160. The maximum Gasteiger partial charge on any atom is 0.243 e. The number of carbonyl (C=O) groups is 3. The number of nitrogens with zero attached hydrogens (tertiary/aromatic N) is 1. The van der Waals surface area contributed by atoms with Crippen LogP contribution in [-0.2, 0) is 20.8 Å². The monoisotopic (exact) mass is 437 g/mol. The smallest absolute Gasteiger partial charge is 0.243 e. The molecule has 1 aliphatic heterocycles. The zero-order chi connectivity index (χ0) is 22.3. The molecule has 0 spiro atoms. The zero-order valence-corrected chi connectivity index (χ0v) is 19.1. The predicted octanol–water partition coefficient (Wildman–Crippen LogP) is 3.51. The lowest BCUT2D eigenvalue weighted by atomic mass is 9.49. The normalized spacial score (nSPS) is 32.7. The van der Waals surface area contributed by atoms with Gasteiger partial charge in [-0.15, -0.1) is 0 Å². The van der Waals surface area contributed by atoms with E-state index in [2.05, 4.69) is 10.6 Å².